The summed E-state index contributed by atoms with van der Waals surface area (Å²) in [5.74, 6) is 0.360. The summed E-state index contributed by atoms with van der Waals surface area (Å²) in [6.07, 6.45) is 0.190. The summed E-state index contributed by atoms with van der Waals surface area (Å²) in [5, 5.41) is 0.759. The highest BCUT2D eigenvalue weighted by atomic mass is 35.5. The molecule has 0 saturated carbocycles. The molecule has 4 rings (SSSR count). The van der Waals surface area contributed by atoms with Crippen molar-refractivity contribution in [3.8, 4) is 5.75 Å². The second kappa shape index (κ2) is 8.24. The number of nitrogens with zero attached hydrogens (tertiary/aromatic N) is 2. The first-order valence-corrected chi connectivity index (χ1v) is 12.5. The average molecular weight is 465 g/mol. The summed E-state index contributed by atoms with van der Waals surface area (Å²) in [6, 6.07) is 12.7. The number of carbonyl (C=O) groups is 1. The van der Waals surface area contributed by atoms with Gasteiger partial charge in [0.1, 0.15) is 5.75 Å². The molecule has 2 fully saturated rings. The molecule has 2 aromatic rings. The molecule has 0 radical (unpaired) electrons. The highest BCUT2D eigenvalue weighted by molar-refractivity contribution is 8.16. The monoisotopic (exact) mass is 464 g/mol. The molecule has 0 spiro atoms. The van der Waals surface area contributed by atoms with Crippen molar-refractivity contribution in [2.45, 2.75) is 24.6 Å². The van der Waals surface area contributed by atoms with E-state index in [1.807, 2.05) is 36.1 Å². The molecule has 0 bridgehead atoms. The van der Waals surface area contributed by atoms with E-state index in [1.54, 1.807) is 18.2 Å². The van der Waals surface area contributed by atoms with Crippen LogP contribution < -0.4 is 9.64 Å². The highest BCUT2D eigenvalue weighted by Gasteiger charge is 2.49. The van der Waals surface area contributed by atoms with Crippen molar-refractivity contribution in [1.82, 2.24) is 0 Å². The van der Waals surface area contributed by atoms with Crippen molar-refractivity contribution in [3.63, 3.8) is 0 Å². The summed E-state index contributed by atoms with van der Waals surface area (Å²) in [5.41, 5.74) is 2.71. The Morgan fingerprint density at radius 3 is 2.63 bits per heavy atom. The Labute approximate surface area is 185 Å². The lowest BCUT2D eigenvalue weighted by molar-refractivity contribution is -0.117. The third kappa shape index (κ3) is 4.36. The number of benzene rings is 2. The van der Waals surface area contributed by atoms with Gasteiger partial charge in [0.05, 0.1) is 36.1 Å². The number of hydrogen-bond acceptors (Lipinski definition) is 5. The predicted octanol–water partition coefficient (Wildman–Crippen LogP) is 3.50. The number of aryl methyl sites for hydroxylation is 1. The van der Waals surface area contributed by atoms with Crippen molar-refractivity contribution in [2.75, 3.05) is 23.5 Å². The molecule has 6 nitrogen and oxygen atoms in total. The molecular formula is C21H21ClN2O4S2. The Morgan fingerprint density at radius 2 is 1.97 bits per heavy atom. The maximum absolute atomic E-state index is 12.7. The smallest absolute Gasteiger partial charge is 0.252 e. The van der Waals surface area contributed by atoms with Gasteiger partial charge in [0, 0.05) is 10.9 Å². The number of amides is 1. The molecule has 0 unspecified atom stereocenters. The third-order valence-corrected chi connectivity index (χ3v) is 8.68. The molecule has 0 N–H and O–H groups in total. The molecule has 9 heteroatoms. The van der Waals surface area contributed by atoms with E-state index in [-0.39, 0.29) is 35.1 Å². The minimum atomic E-state index is -3.13. The van der Waals surface area contributed by atoms with Gasteiger partial charge >= 0.3 is 0 Å². The quantitative estimate of drug-likeness (QED) is 0.689. The third-order valence-electron chi connectivity index (χ3n) is 5.18. The fraction of sp³-hybridized carbons (Fsp3) is 0.333. The zero-order valence-electron chi connectivity index (χ0n) is 16.5. The summed E-state index contributed by atoms with van der Waals surface area (Å²) >= 11 is 7.64. The Balaban J connectivity index is 1.65. The van der Waals surface area contributed by atoms with Gasteiger partial charge in [-0.3, -0.25) is 4.79 Å². The molecule has 158 valence electrons. The molecule has 2 atom stereocenters. The van der Waals surface area contributed by atoms with E-state index >= 15 is 0 Å². The number of ether oxygens (including phenoxy) is 1. The summed E-state index contributed by atoms with van der Waals surface area (Å²) in [7, 11) is -1.60. The zero-order valence-corrected chi connectivity index (χ0v) is 18.9. The number of anilines is 1. The molecule has 2 aromatic carbocycles. The number of methoxy groups -OCH3 is 1. The molecule has 0 aromatic heterocycles. The summed E-state index contributed by atoms with van der Waals surface area (Å²) < 4.78 is 29.6. The van der Waals surface area contributed by atoms with E-state index in [4.69, 9.17) is 16.3 Å². The maximum Gasteiger partial charge on any atom is 0.252 e. The molecule has 30 heavy (non-hydrogen) atoms. The van der Waals surface area contributed by atoms with Crippen molar-refractivity contribution in [3.05, 3.63) is 58.6 Å². The first kappa shape index (κ1) is 21.2. The molecule has 2 aliphatic heterocycles. The van der Waals surface area contributed by atoms with Gasteiger partial charge in [-0.15, -0.1) is 0 Å². The number of carbonyl (C=O) groups excluding carboxylic acids is 1. The molecule has 2 saturated heterocycles. The minimum Gasteiger partial charge on any atom is -0.495 e. The normalized spacial score (nSPS) is 23.6. The Morgan fingerprint density at radius 1 is 1.23 bits per heavy atom. The van der Waals surface area contributed by atoms with Gasteiger partial charge in [0.2, 0.25) is 0 Å². The van der Waals surface area contributed by atoms with Crippen LogP contribution in [0.1, 0.15) is 11.1 Å². The number of halogens is 1. The van der Waals surface area contributed by atoms with E-state index < -0.39 is 9.84 Å². The first-order valence-electron chi connectivity index (χ1n) is 9.42. The van der Waals surface area contributed by atoms with Crippen LogP contribution >= 0.6 is 23.4 Å². The van der Waals surface area contributed by atoms with Crippen LogP contribution in [-0.4, -0.2) is 49.4 Å². The molecule has 0 aliphatic carbocycles. The van der Waals surface area contributed by atoms with Crippen molar-refractivity contribution in [1.29, 1.82) is 0 Å². The zero-order chi connectivity index (χ0) is 21.5. The highest BCUT2D eigenvalue weighted by Crippen LogP contribution is 2.42. The lowest BCUT2D eigenvalue weighted by atomic mass is 10.1. The van der Waals surface area contributed by atoms with Gasteiger partial charge in [0.15, 0.2) is 15.0 Å². The lowest BCUT2D eigenvalue weighted by Gasteiger charge is -2.25. The fourth-order valence-electron chi connectivity index (χ4n) is 3.70. The Hall–Kier alpha value is -2.03. The van der Waals surface area contributed by atoms with Crippen LogP contribution in [0.5, 0.6) is 5.75 Å². The van der Waals surface area contributed by atoms with Crippen LogP contribution in [-0.2, 0) is 21.1 Å². The second-order valence-electron chi connectivity index (χ2n) is 7.44. The number of aliphatic imine (C=N–C) groups is 1. The average Bonchev–Trinajstić information content (AvgIpc) is 3.14. The number of rotatable bonds is 4. The Bertz CT molecular complexity index is 1120. The van der Waals surface area contributed by atoms with Crippen molar-refractivity contribution < 1.29 is 17.9 Å². The number of fused-ring (bicyclic) bond motifs is 1. The van der Waals surface area contributed by atoms with E-state index in [1.165, 1.54) is 18.9 Å². The molecule has 2 heterocycles. The molecular weight excluding hydrogens is 444 g/mol. The van der Waals surface area contributed by atoms with Gasteiger partial charge in [-0.2, -0.15) is 4.99 Å². The van der Waals surface area contributed by atoms with Crippen LogP contribution in [0.2, 0.25) is 5.02 Å². The van der Waals surface area contributed by atoms with Gasteiger partial charge in [-0.1, -0.05) is 53.2 Å². The Kier molecular flexibility index (Phi) is 5.83. The topological polar surface area (TPSA) is 76.0 Å². The van der Waals surface area contributed by atoms with Crippen molar-refractivity contribution in [2.24, 2.45) is 4.99 Å². The number of amidine groups is 1. The fourth-order valence-corrected chi connectivity index (χ4v) is 7.88. The van der Waals surface area contributed by atoms with Crippen LogP contribution in [0.4, 0.5) is 5.69 Å². The number of hydrogen-bond donors (Lipinski definition) is 0. The van der Waals surface area contributed by atoms with Crippen LogP contribution in [0.15, 0.2) is 47.5 Å². The van der Waals surface area contributed by atoms with E-state index in [2.05, 4.69) is 4.99 Å². The predicted molar refractivity (Wildman–Crippen MR) is 122 cm³/mol. The SMILES string of the molecule is COc1ccc(N2C(=NC(=O)Cc3ccc(C)cc3)S[C@H]3CS(=O)(=O)C[C@@H]32)cc1Cl. The van der Waals surface area contributed by atoms with Gasteiger partial charge in [0.25, 0.3) is 5.91 Å². The summed E-state index contributed by atoms with van der Waals surface area (Å²) in [6.45, 7) is 1.99. The van der Waals surface area contributed by atoms with Crippen LogP contribution in [0.3, 0.4) is 0 Å². The van der Waals surface area contributed by atoms with Crippen LogP contribution in [0, 0.1) is 6.92 Å². The van der Waals surface area contributed by atoms with Gasteiger partial charge in [-0.05, 0) is 30.7 Å². The maximum atomic E-state index is 12.7. The molecule has 1 amide bonds. The van der Waals surface area contributed by atoms with Gasteiger partial charge < -0.3 is 9.64 Å². The second-order valence-corrected chi connectivity index (χ2v) is 11.2. The lowest BCUT2D eigenvalue weighted by Crippen LogP contribution is -2.37. The minimum absolute atomic E-state index is 0.0273. The number of sulfone groups is 1. The van der Waals surface area contributed by atoms with E-state index in [9.17, 15) is 13.2 Å². The standard InChI is InChI=1S/C21H21ClN2O4S2/c1-13-3-5-14(6-4-13)9-20(25)23-21-24(15-7-8-18(28-2)16(22)10-15)17-11-30(26,27)12-19(17)29-21/h3-8,10,17,19H,9,11-12H2,1-2H3/t17-,19-/m0/s1. The molecule has 2 aliphatic rings. The van der Waals surface area contributed by atoms with E-state index in [0.29, 0.717) is 21.6 Å². The number of thioether (sulfide) groups is 1. The van der Waals surface area contributed by atoms with Crippen molar-refractivity contribution >= 4 is 50.0 Å². The largest absolute Gasteiger partial charge is 0.495 e. The van der Waals surface area contributed by atoms with E-state index in [0.717, 1.165) is 11.1 Å². The summed E-state index contributed by atoms with van der Waals surface area (Å²) in [4.78, 5) is 18.8. The first-order chi connectivity index (χ1) is 14.3. The van der Waals surface area contributed by atoms with Crippen LogP contribution in [0.25, 0.3) is 0 Å². The van der Waals surface area contributed by atoms with Gasteiger partial charge in [-0.25, -0.2) is 8.42 Å².